The van der Waals surface area contributed by atoms with Crippen LogP contribution in [0, 0.1) is 13.8 Å². The summed E-state index contributed by atoms with van der Waals surface area (Å²) in [6.07, 6.45) is 0. The molecule has 0 aliphatic rings. The minimum absolute atomic E-state index is 0.354. The Bertz CT molecular complexity index is 570. The van der Waals surface area contributed by atoms with Gasteiger partial charge in [0.15, 0.2) is 0 Å². The van der Waals surface area contributed by atoms with Gasteiger partial charge in [-0.05, 0) is 26.0 Å². The Kier molecular flexibility index (Phi) is 4.04. The van der Waals surface area contributed by atoms with Crippen molar-refractivity contribution in [2.24, 2.45) is 0 Å². The maximum atomic E-state index is 12.3. The lowest BCUT2D eigenvalue weighted by Crippen LogP contribution is -2.01. The normalized spacial score (nSPS) is 12.6. The van der Waals surface area contributed by atoms with Crippen molar-refractivity contribution in [3.8, 4) is 0 Å². The van der Waals surface area contributed by atoms with Gasteiger partial charge in [0.2, 0.25) is 0 Å². The second-order valence-electron chi connectivity index (χ2n) is 3.90. The summed E-state index contributed by atoms with van der Waals surface area (Å²) < 4.78 is 12.3. The maximum Gasteiger partial charge on any atom is 0.106 e. The molecule has 0 saturated carbocycles. The number of benzene rings is 1. The number of nitrogens with zero attached hydrogens (tertiary/aromatic N) is 1. The van der Waals surface area contributed by atoms with Gasteiger partial charge in [0, 0.05) is 10.6 Å². The van der Waals surface area contributed by atoms with Gasteiger partial charge >= 0.3 is 0 Å². The minimum atomic E-state index is -1.26. The molecule has 1 heterocycles. The molecule has 0 saturated heterocycles. The highest BCUT2D eigenvalue weighted by molar-refractivity contribution is 7.84. The number of aromatic nitrogens is 1. The number of nitrogens with two attached hydrogens (primary N) is 1. The zero-order valence-corrected chi connectivity index (χ0v) is 12.5. The summed E-state index contributed by atoms with van der Waals surface area (Å²) in [6, 6.07) is 5.15. The number of nitrogen functional groups attached to an aromatic ring is 1. The van der Waals surface area contributed by atoms with Crippen LogP contribution >= 0.6 is 22.9 Å². The summed E-state index contributed by atoms with van der Waals surface area (Å²) in [6.45, 7) is 3.95. The van der Waals surface area contributed by atoms with E-state index in [1.807, 2.05) is 13.8 Å². The second kappa shape index (κ2) is 5.38. The van der Waals surface area contributed by atoms with Crippen molar-refractivity contribution in [2.45, 2.75) is 24.5 Å². The molecule has 2 aromatic rings. The Morgan fingerprint density at radius 2 is 2.17 bits per heavy atom. The monoisotopic (exact) mass is 300 g/mol. The molecule has 0 fully saturated rings. The van der Waals surface area contributed by atoms with E-state index in [4.69, 9.17) is 17.3 Å². The quantitative estimate of drug-likeness (QED) is 0.885. The third kappa shape index (κ3) is 2.74. The summed E-state index contributed by atoms with van der Waals surface area (Å²) in [4.78, 5) is 6.03. The summed E-state index contributed by atoms with van der Waals surface area (Å²) in [5.74, 6) is 0.354. The molecule has 0 bridgehead atoms. The van der Waals surface area contributed by atoms with Crippen LogP contribution in [0.4, 0.5) is 5.69 Å². The first kappa shape index (κ1) is 13.5. The van der Waals surface area contributed by atoms with Crippen LogP contribution in [0.15, 0.2) is 23.1 Å². The number of aryl methyl sites for hydroxylation is 2. The molecule has 1 aromatic heterocycles. The molecule has 2 rings (SSSR count). The summed E-state index contributed by atoms with van der Waals surface area (Å²) >= 11 is 7.60. The standard InChI is InChI=1S/C12H13ClN2OS2/c1-7-8(2)17-11(15-7)6-18(16)12-9(13)4-3-5-10(12)14/h3-5H,6,14H2,1-2H3. The number of thiazole rings is 1. The van der Waals surface area contributed by atoms with Gasteiger partial charge in [-0.25, -0.2) is 4.98 Å². The molecule has 1 unspecified atom stereocenters. The highest BCUT2D eigenvalue weighted by atomic mass is 35.5. The Morgan fingerprint density at radius 3 is 2.72 bits per heavy atom. The fourth-order valence-electron chi connectivity index (χ4n) is 1.55. The van der Waals surface area contributed by atoms with Gasteiger partial charge < -0.3 is 5.73 Å². The Morgan fingerprint density at radius 1 is 1.44 bits per heavy atom. The molecule has 0 amide bonds. The van der Waals surface area contributed by atoms with E-state index in [1.54, 1.807) is 29.5 Å². The van der Waals surface area contributed by atoms with Crippen molar-refractivity contribution in [3.63, 3.8) is 0 Å². The first-order valence-corrected chi connectivity index (χ1v) is 7.85. The van der Waals surface area contributed by atoms with Gasteiger partial charge in [0.1, 0.15) is 5.01 Å². The van der Waals surface area contributed by atoms with E-state index >= 15 is 0 Å². The zero-order valence-electron chi connectivity index (χ0n) is 10.1. The van der Waals surface area contributed by atoms with Crippen molar-refractivity contribution in [1.29, 1.82) is 0 Å². The van der Waals surface area contributed by atoms with E-state index < -0.39 is 10.8 Å². The lowest BCUT2D eigenvalue weighted by Gasteiger charge is -2.06. The van der Waals surface area contributed by atoms with E-state index in [9.17, 15) is 4.21 Å². The van der Waals surface area contributed by atoms with Gasteiger partial charge in [-0.3, -0.25) is 4.21 Å². The fourth-order valence-corrected chi connectivity index (χ4v) is 4.33. The molecule has 0 aliphatic heterocycles. The lowest BCUT2D eigenvalue weighted by molar-refractivity contribution is 0.683. The molecule has 96 valence electrons. The van der Waals surface area contributed by atoms with Gasteiger partial charge in [-0.2, -0.15) is 0 Å². The molecule has 0 aliphatic carbocycles. The van der Waals surface area contributed by atoms with Crippen LogP contribution in [-0.2, 0) is 16.6 Å². The Balaban J connectivity index is 2.27. The van der Waals surface area contributed by atoms with Crippen LogP contribution in [0.2, 0.25) is 5.02 Å². The average Bonchev–Trinajstić information content (AvgIpc) is 2.57. The van der Waals surface area contributed by atoms with Crippen LogP contribution in [0.5, 0.6) is 0 Å². The van der Waals surface area contributed by atoms with E-state index in [1.165, 1.54) is 0 Å². The highest BCUT2D eigenvalue weighted by Gasteiger charge is 2.15. The second-order valence-corrected chi connectivity index (χ2v) is 6.98. The number of hydrogen-bond acceptors (Lipinski definition) is 4. The molecule has 0 radical (unpaired) electrons. The fraction of sp³-hybridized carbons (Fsp3) is 0.250. The topological polar surface area (TPSA) is 56.0 Å². The van der Waals surface area contributed by atoms with Crippen molar-refractivity contribution < 1.29 is 4.21 Å². The molecule has 0 spiro atoms. The molecule has 1 aromatic carbocycles. The molecule has 18 heavy (non-hydrogen) atoms. The van der Waals surface area contributed by atoms with Gasteiger partial charge in [-0.15, -0.1) is 11.3 Å². The highest BCUT2D eigenvalue weighted by Crippen LogP contribution is 2.28. The van der Waals surface area contributed by atoms with Crippen LogP contribution in [0.3, 0.4) is 0 Å². The Labute approximate surface area is 117 Å². The van der Waals surface area contributed by atoms with E-state index in [0.717, 1.165) is 15.6 Å². The Hall–Kier alpha value is -0.910. The van der Waals surface area contributed by atoms with E-state index in [2.05, 4.69) is 4.98 Å². The van der Waals surface area contributed by atoms with E-state index in [-0.39, 0.29) is 0 Å². The summed E-state index contributed by atoms with van der Waals surface area (Å²) in [5.41, 5.74) is 7.27. The predicted octanol–water partition coefficient (Wildman–Crippen LogP) is 3.30. The van der Waals surface area contributed by atoms with Crippen molar-refractivity contribution in [3.05, 3.63) is 38.8 Å². The minimum Gasteiger partial charge on any atom is -0.398 e. The molecule has 3 nitrogen and oxygen atoms in total. The molecular formula is C12H13ClN2OS2. The third-order valence-corrected chi connectivity index (χ3v) is 5.68. The molecule has 6 heteroatoms. The SMILES string of the molecule is Cc1nc(CS(=O)c2c(N)cccc2Cl)sc1C. The average molecular weight is 301 g/mol. The summed E-state index contributed by atoms with van der Waals surface area (Å²) in [7, 11) is -1.26. The first-order valence-electron chi connectivity index (χ1n) is 5.34. The number of rotatable bonds is 3. The summed E-state index contributed by atoms with van der Waals surface area (Å²) in [5, 5.41) is 1.29. The van der Waals surface area contributed by atoms with Crippen LogP contribution < -0.4 is 5.73 Å². The maximum absolute atomic E-state index is 12.3. The predicted molar refractivity (Wildman–Crippen MR) is 77.6 cm³/mol. The number of hydrogen-bond donors (Lipinski definition) is 1. The largest absolute Gasteiger partial charge is 0.398 e. The van der Waals surface area contributed by atoms with Crippen LogP contribution in [-0.4, -0.2) is 9.19 Å². The van der Waals surface area contributed by atoms with Crippen LogP contribution in [0.25, 0.3) is 0 Å². The zero-order chi connectivity index (χ0) is 13.3. The van der Waals surface area contributed by atoms with Crippen LogP contribution in [0.1, 0.15) is 15.6 Å². The lowest BCUT2D eigenvalue weighted by atomic mass is 10.3. The molecular weight excluding hydrogens is 288 g/mol. The van der Waals surface area contributed by atoms with Gasteiger partial charge in [-0.1, -0.05) is 17.7 Å². The number of halogens is 1. The smallest absolute Gasteiger partial charge is 0.106 e. The van der Waals surface area contributed by atoms with Gasteiger partial charge in [0.25, 0.3) is 0 Å². The van der Waals surface area contributed by atoms with Crippen molar-refractivity contribution >= 4 is 39.4 Å². The van der Waals surface area contributed by atoms with E-state index in [0.29, 0.717) is 21.4 Å². The van der Waals surface area contributed by atoms with Crippen molar-refractivity contribution in [1.82, 2.24) is 4.98 Å². The van der Waals surface area contributed by atoms with Crippen molar-refractivity contribution in [2.75, 3.05) is 5.73 Å². The molecule has 1 atom stereocenters. The van der Waals surface area contributed by atoms with Gasteiger partial charge in [0.05, 0.1) is 32.2 Å². The molecule has 2 N–H and O–H groups in total. The first-order chi connectivity index (χ1) is 8.49. The third-order valence-electron chi connectivity index (χ3n) is 2.55. The number of anilines is 1.